The molecule has 0 aliphatic carbocycles. The zero-order valence-corrected chi connectivity index (χ0v) is 17.1. The summed E-state index contributed by atoms with van der Waals surface area (Å²) >= 11 is 1.12. The van der Waals surface area contributed by atoms with E-state index in [9.17, 15) is 13.2 Å². The Morgan fingerprint density at radius 3 is 2.83 bits per heavy atom. The number of furan rings is 1. The van der Waals surface area contributed by atoms with Gasteiger partial charge in [-0.1, -0.05) is 29.4 Å². The SMILES string of the molecule is O=C(Nc1nnc(-c2cc3ccccc3o2)o1)[C@@H]1CCCN1S(=O)(=O)c1cccs1. The van der Waals surface area contributed by atoms with Gasteiger partial charge >= 0.3 is 6.01 Å². The predicted molar refractivity (Wildman–Crippen MR) is 109 cm³/mol. The normalized spacial score (nSPS) is 17.5. The number of hydrogen-bond acceptors (Lipinski definition) is 8. The number of hydrogen-bond donors (Lipinski definition) is 1. The Labute approximate surface area is 175 Å². The highest BCUT2D eigenvalue weighted by Crippen LogP contribution is 2.30. The minimum absolute atomic E-state index is 0.115. The summed E-state index contributed by atoms with van der Waals surface area (Å²) in [5.74, 6) is -0.00427. The highest BCUT2D eigenvalue weighted by molar-refractivity contribution is 7.91. The van der Waals surface area contributed by atoms with Crippen molar-refractivity contribution in [3.05, 3.63) is 47.8 Å². The second-order valence-electron chi connectivity index (χ2n) is 6.76. The largest absolute Gasteiger partial charge is 0.451 e. The minimum Gasteiger partial charge on any atom is -0.451 e. The van der Waals surface area contributed by atoms with Gasteiger partial charge in [0, 0.05) is 11.9 Å². The molecule has 11 heteroatoms. The molecule has 1 aliphatic rings. The summed E-state index contributed by atoms with van der Waals surface area (Å²) in [5.41, 5.74) is 0.677. The van der Waals surface area contributed by atoms with Crippen molar-refractivity contribution in [3.63, 3.8) is 0 Å². The lowest BCUT2D eigenvalue weighted by Crippen LogP contribution is -2.42. The summed E-state index contributed by atoms with van der Waals surface area (Å²) in [7, 11) is -3.73. The van der Waals surface area contributed by atoms with Crippen molar-refractivity contribution in [2.75, 3.05) is 11.9 Å². The fourth-order valence-corrected chi connectivity index (χ4v) is 6.24. The number of sulfonamides is 1. The fourth-order valence-electron chi connectivity index (χ4n) is 3.46. The molecule has 0 saturated carbocycles. The maximum Gasteiger partial charge on any atom is 0.322 e. The van der Waals surface area contributed by atoms with Crippen LogP contribution in [0.15, 0.2) is 60.9 Å². The van der Waals surface area contributed by atoms with Crippen molar-refractivity contribution >= 4 is 44.3 Å². The van der Waals surface area contributed by atoms with E-state index in [4.69, 9.17) is 8.83 Å². The van der Waals surface area contributed by atoms with Crippen LogP contribution in [-0.2, 0) is 14.8 Å². The quantitative estimate of drug-likeness (QED) is 0.501. The molecule has 4 heterocycles. The Morgan fingerprint density at radius 2 is 2.03 bits per heavy atom. The number of rotatable bonds is 5. The third-order valence-electron chi connectivity index (χ3n) is 4.86. The lowest BCUT2D eigenvalue weighted by atomic mass is 10.2. The third-order valence-corrected chi connectivity index (χ3v) is 8.14. The maximum absolute atomic E-state index is 12.8. The molecule has 1 N–H and O–H groups in total. The van der Waals surface area contributed by atoms with E-state index in [0.29, 0.717) is 24.2 Å². The van der Waals surface area contributed by atoms with Crippen molar-refractivity contribution in [2.45, 2.75) is 23.1 Å². The molecule has 1 amide bonds. The van der Waals surface area contributed by atoms with Crippen LogP contribution in [0.3, 0.4) is 0 Å². The highest BCUT2D eigenvalue weighted by Gasteiger charge is 2.40. The second kappa shape index (κ2) is 7.35. The first-order valence-corrected chi connectivity index (χ1v) is 11.5. The van der Waals surface area contributed by atoms with Gasteiger partial charge in [-0.2, -0.15) is 4.31 Å². The molecule has 0 radical (unpaired) electrons. The molecule has 30 heavy (non-hydrogen) atoms. The number of carbonyl (C=O) groups is 1. The molecule has 9 nitrogen and oxygen atoms in total. The predicted octanol–water partition coefficient (Wildman–Crippen LogP) is 3.34. The van der Waals surface area contributed by atoms with Crippen molar-refractivity contribution in [2.24, 2.45) is 0 Å². The van der Waals surface area contributed by atoms with Gasteiger partial charge in [0.1, 0.15) is 15.8 Å². The van der Waals surface area contributed by atoms with Crippen molar-refractivity contribution in [1.29, 1.82) is 0 Å². The van der Waals surface area contributed by atoms with E-state index in [1.807, 2.05) is 24.3 Å². The Kier molecular flexibility index (Phi) is 4.65. The Balaban J connectivity index is 1.34. The van der Waals surface area contributed by atoms with Gasteiger partial charge in [0.25, 0.3) is 15.9 Å². The fraction of sp³-hybridized carbons (Fsp3) is 0.211. The summed E-state index contributed by atoms with van der Waals surface area (Å²) in [4.78, 5) is 12.8. The van der Waals surface area contributed by atoms with Crippen LogP contribution >= 0.6 is 11.3 Å². The first-order valence-electron chi connectivity index (χ1n) is 9.21. The molecule has 0 unspecified atom stereocenters. The number of nitrogens with zero attached hydrogens (tertiary/aromatic N) is 3. The van der Waals surface area contributed by atoms with Gasteiger partial charge < -0.3 is 8.83 Å². The van der Waals surface area contributed by atoms with E-state index >= 15 is 0 Å². The summed E-state index contributed by atoms with van der Waals surface area (Å²) in [6.45, 7) is 0.284. The molecule has 1 fully saturated rings. The van der Waals surface area contributed by atoms with Gasteiger partial charge in [0.05, 0.1) is 0 Å². The van der Waals surface area contributed by atoms with Gasteiger partial charge in [-0.05, 0) is 36.4 Å². The summed E-state index contributed by atoms with van der Waals surface area (Å²) in [5, 5.41) is 12.9. The molecular formula is C19H16N4O5S2. The van der Waals surface area contributed by atoms with E-state index in [2.05, 4.69) is 15.5 Å². The lowest BCUT2D eigenvalue weighted by Gasteiger charge is -2.21. The molecule has 1 atom stereocenters. The lowest BCUT2D eigenvalue weighted by molar-refractivity contribution is -0.119. The van der Waals surface area contributed by atoms with Crippen LogP contribution in [0.2, 0.25) is 0 Å². The Hall–Kier alpha value is -3.02. The van der Waals surface area contributed by atoms with Gasteiger partial charge in [-0.3, -0.25) is 10.1 Å². The van der Waals surface area contributed by atoms with Gasteiger partial charge in [0.2, 0.25) is 5.91 Å². The average Bonchev–Trinajstić information content (AvgIpc) is 3.54. The second-order valence-corrected chi connectivity index (χ2v) is 9.82. The number of fused-ring (bicyclic) bond motifs is 1. The molecule has 1 aliphatic heterocycles. The average molecular weight is 444 g/mol. The summed E-state index contributed by atoms with van der Waals surface area (Å²) in [6, 6.07) is 11.5. The minimum atomic E-state index is -3.73. The van der Waals surface area contributed by atoms with Crippen LogP contribution in [-0.4, -0.2) is 41.4 Å². The molecule has 0 bridgehead atoms. The number of para-hydroxylation sites is 1. The van der Waals surface area contributed by atoms with Crippen molar-refractivity contribution in [3.8, 4) is 11.7 Å². The molecular weight excluding hydrogens is 428 g/mol. The van der Waals surface area contributed by atoms with Gasteiger partial charge in [-0.25, -0.2) is 8.42 Å². The number of thiophene rings is 1. The molecule has 154 valence electrons. The molecule has 0 spiro atoms. The van der Waals surface area contributed by atoms with Crippen LogP contribution < -0.4 is 5.32 Å². The number of amides is 1. The highest BCUT2D eigenvalue weighted by atomic mass is 32.2. The first-order chi connectivity index (χ1) is 14.5. The number of aromatic nitrogens is 2. The Bertz CT molecular complexity index is 1280. The summed E-state index contributed by atoms with van der Waals surface area (Å²) in [6.07, 6.45) is 1.01. The number of carbonyl (C=O) groups excluding carboxylic acids is 1. The van der Waals surface area contributed by atoms with Crippen LogP contribution in [0.5, 0.6) is 0 Å². The smallest absolute Gasteiger partial charge is 0.322 e. The molecule has 5 rings (SSSR count). The van der Waals surface area contributed by atoms with Crippen molar-refractivity contribution in [1.82, 2.24) is 14.5 Å². The number of nitrogens with one attached hydrogen (secondary N) is 1. The van der Waals surface area contributed by atoms with E-state index in [1.165, 1.54) is 10.4 Å². The van der Waals surface area contributed by atoms with Gasteiger partial charge in [-0.15, -0.1) is 16.4 Å². The van der Waals surface area contributed by atoms with E-state index in [-0.39, 0.29) is 22.7 Å². The maximum atomic E-state index is 12.8. The molecule has 1 aromatic carbocycles. The first kappa shape index (κ1) is 19.0. The van der Waals surface area contributed by atoms with Crippen LogP contribution in [0.4, 0.5) is 6.01 Å². The zero-order chi connectivity index (χ0) is 20.7. The standard InChI is InChI=1S/C19H16N4O5S2/c24-17(13-6-3-9-23(13)30(25,26)16-8-4-10-29-16)20-19-22-21-18(28-19)15-11-12-5-1-2-7-14(12)27-15/h1-2,4-5,7-8,10-11,13H,3,6,9H2,(H,20,22,24)/t13-/m0/s1. The van der Waals surface area contributed by atoms with Gasteiger partial charge in [0.15, 0.2) is 5.76 Å². The monoisotopic (exact) mass is 444 g/mol. The van der Waals surface area contributed by atoms with Crippen LogP contribution in [0.25, 0.3) is 22.6 Å². The number of anilines is 1. The zero-order valence-electron chi connectivity index (χ0n) is 15.5. The topological polar surface area (TPSA) is 119 Å². The van der Waals surface area contributed by atoms with E-state index in [0.717, 1.165) is 16.7 Å². The Morgan fingerprint density at radius 1 is 1.17 bits per heavy atom. The van der Waals surface area contributed by atoms with Crippen LogP contribution in [0.1, 0.15) is 12.8 Å². The number of benzene rings is 1. The van der Waals surface area contributed by atoms with Crippen LogP contribution in [0, 0.1) is 0 Å². The molecule has 4 aromatic rings. The van der Waals surface area contributed by atoms with E-state index < -0.39 is 22.0 Å². The third kappa shape index (κ3) is 3.30. The molecule has 3 aromatic heterocycles. The van der Waals surface area contributed by atoms with Crippen molar-refractivity contribution < 1.29 is 22.0 Å². The molecule has 1 saturated heterocycles. The van der Waals surface area contributed by atoms with E-state index in [1.54, 1.807) is 17.5 Å². The summed E-state index contributed by atoms with van der Waals surface area (Å²) < 4.78 is 38.3.